The van der Waals surface area contributed by atoms with Crippen LogP contribution in [-0.4, -0.2) is 22.2 Å². The third kappa shape index (κ3) is 4.36. The van der Waals surface area contributed by atoms with E-state index in [0.29, 0.717) is 28.4 Å². The van der Waals surface area contributed by atoms with Crippen LogP contribution in [0.4, 0.5) is 5.69 Å². The first-order valence-electron chi connectivity index (χ1n) is 10.2. The summed E-state index contributed by atoms with van der Waals surface area (Å²) in [6, 6.07) is 19.6. The van der Waals surface area contributed by atoms with Gasteiger partial charge in [-0.25, -0.2) is 4.79 Å². The summed E-state index contributed by atoms with van der Waals surface area (Å²) in [5, 5.41) is 4.63. The van der Waals surface area contributed by atoms with E-state index in [2.05, 4.69) is 5.32 Å². The van der Waals surface area contributed by atoms with Gasteiger partial charge in [-0.15, -0.1) is 0 Å². The van der Waals surface area contributed by atoms with Crippen LogP contribution in [0.3, 0.4) is 0 Å². The number of carbonyl (C=O) groups excluding carboxylic acids is 1. The van der Waals surface area contributed by atoms with Crippen molar-refractivity contribution in [3.63, 3.8) is 0 Å². The highest BCUT2D eigenvalue weighted by molar-refractivity contribution is 6.09. The number of hydrogen-bond donors (Lipinski definition) is 1. The maximum absolute atomic E-state index is 13.2. The lowest BCUT2D eigenvalue weighted by molar-refractivity contribution is 0.102. The molecule has 0 saturated heterocycles. The van der Waals surface area contributed by atoms with Crippen LogP contribution < -0.4 is 26.0 Å². The van der Waals surface area contributed by atoms with Gasteiger partial charge in [-0.2, -0.15) is 0 Å². The molecule has 0 radical (unpaired) electrons. The molecule has 1 N–H and O–H groups in total. The summed E-state index contributed by atoms with van der Waals surface area (Å²) in [6.45, 7) is -0.0604. The van der Waals surface area contributed by atoms with Crippen LogP contribution in [0.2, 0.25) is 0 Å². The van der Waals surface area contributed by atoms with Crippen molar-refractivity contribution in [2.24, 2.45) is 14.1 Å². The van der Waals surface area contributed by atoms with Gasteiger partial charge in [0.15, 0.2) is 0 Å². The van der Waals surface area contributed by atoms with Crippen molar-refractivity contribution in [3.8, 4) is 11.5 Å². The zero-order valence-electron chi connectivity index (χ0n) is 18.5. The second-order valence-corrected chi connectivity index (χ2v) is 7.51. The second kappa shape index (κ2) is 9.04. The third-order valence-corrected chi connectivity index (χ3v) is 5.45. The summed E-state index contributed by atoms with van der Waals surface area (Å²) in [5.74, 6) is 0.483. The van der Waals surface area contributed by atoms with Crippen LogP contribution in [-0.2, 0) is 20.7 Å². The van der Waals surface area contributed by atoms with Gasteiger partial charge in [0.1, 0.15) is 18.1 Å². The van der Waals surface area contributed by atoms with E-state index >= 15 is 0 Å². The zero-order chi connectivity index (χ0) is 23.5. The number of anilines is 1. The Kier molecular flexibility index (Phi) is 5.99. The van der Waals surface area contributed by atoms with Crippen LogP contribution in [0.15, 0.2) is 76.3 Å². The molecule has 0 fully saturated rings. The van der Waals surface area contributed by atoms with Crippen molar-refractivity contribution in [2.75, 3.05) is 12.4 Å². The smallest absolute Gasteiger partial charge is 0.330 e. The Balaban J connectivity index is 1.72. The number of nitrogens with one attached hydrogen (secondary N) is 1. The Morgan fingerprint density at radius 3 is 2.27 bits per heavy atom. The molecule has 1 aromatic heterocycles. The predicted octanol–water partition coefficient (Wildman–Crippen LogP) is 3.08. The lowest BCUT2D eigenvalue weighted by atomic mass is 10.0. The number of hydrogen-bond acceptors (Lipinski definition) is 5. The molecule has 0 bridgehead atoms. The highest BCUT2D eigenvalue weighted by Gasteiger charge is 2.17. The SMILES string of the molecule is COc1ccccc1NC(=O)c1cc2ccccc2cc1OCc1cc(=O)n(C)c(=O)n1C. The van der Waals surface area contributed by atoms with Gasteiger partial charge in [0, 0.05) is 20.2 Å². The minimum Gasteiger partial charge on any atom is -0.495 e. The molecular weight excluding hydrogens is 422 g/mol. The Bertz CT molecular complexity index is 1470. The Morgan fingerprint density at radius 1 is 0.879 bits per heavy atom. The van der Waals surface area contributed by atoms with Gasteiger partial charge in [-0.3, -0.25) is 18.7 Å². The first kappa shape index (κ1) is 21.9. The van der Waals surface area contributed by atoms with Gasteiger partial charge >= 0.3 is 5.69 Å². The highest BCUT2D eigenvalue weighted by Crippen LogP contribution is 2.29. The molecule has 168 valence electrons. The number of para-hydroxylation sites is 2. The summed E-state index contributed by atoms with van der Waals surface area (Å²) in [5.41, 5.74) is 0.358. The number of rotatable bonds is 6. The average molecular weight is 445 g/mol. The monoisotopic (exact) mass is 445 g/mol. The highest BCUT2D eigenvalue weighted by atomic mass is 16.5. The summed E-state index contributed by atoms with van der Waals surface area (Å²) in [7, 11) is 4.51. The number of nitrogens with zero attached hydrogens (tertiary/aromatic N) is 2. The molecule has 0 atom stereocenters. The molecule has 0 spiro atoms. The molecule has 0 unspecified atom stereocenters. The second-order valence-electron chi connectivity index (χ2n) is 7.51. The molecule has 1 heterocycles. The van der Waals surface area contributed by atoms with Crippen LogP contribution in [0.25, 0.3) is 10.8 Å². The number of aromatic nitrogens is 2. The molecule has 0 saturated carbocycles. The summed E-state index contributed by atoms with van der Waals surface area (Å²) >= 11 is 0. The van der Waals surface area contributed by atoms with E-state index in [-0.39, 0.29) is 12.5 Å². The van der Waals surface area contributed by atoms with E-state index in [9.17, 15) is 14.4 Å². The number of ether oxygens (including phenoxy) is 2. The summed E-state index contributed by atoms with van der Waals surface area (Å²) < 4.78 is 13.7. The molecule has 0 aliphatic rings. The molecular formula is C25H23N3O5. The molecule has 8 heteroatoms. The van der Waals surface area contributed by atoms with Gasteiger partial charge in [-0.05, 0) is 35.0 Å². The van der Waals surface area contributed by atoms with Crippen LogP contribution >= 0.6 is 0 Å². The van der Waals surface area contributed by atoms with Gasteiger partial charge < -0.3 is 14.8 Å². The number of methoxy groups -OCH3 is 1. The molecule has 0 aliphatic carbocycles. The maximum Gasteiger partial charge on any atom is 0.330 e. The van der Waals surface area contributed by atoms with E-state index in [4.69, 9.17) is 9.47 Å². The number of carbonyl (C=O) groups is 1. The number of benzene rings is 3. The first-order chi connectivity index (χ1) is 15.9. The topological polar surface area (TPSA) is 91.6 Å². The lowest BCUT2D eigenvalue weighted by Crippen LogP contribution is -2.38. The lowest BCUT2D eigenvalue weighted by Gasteiger charge is -2.16. The average Bonchev–Trinajstić information content (AvgIpc) is 2.83. The van der Waals surface area contributed by atoms with Crippen molar-refractivity contribution >= 4 is 22.4 Å². The number of fused-ring (bicyclic) bond motifs is 1. The molecule has 33 heavy (non-hydrogen) atoms. The van der Waals surface area contributed by atoms with Crippen molar-refractivity contribution in [2.45, 2.75) is 6.61 Å². The normalized spacial score (nSPS) is 10.8. The van der Waals surface area contributed by atoms with Gasteiger partial charge in [-0.1, -0.05) is 36.4 Å². The van der Waals surface area contributed by atoms with Gasteiger partial charge in [0.25, 0.3) is 11.5 Å². The van der Waals surface area contributed by atoms with Crippen LogP contribution in [0.5, 0.6) is 11.5 Å². The minimum atomic E-state index is -0.450. The standard InChI is InChI=1S/C25H23N3O5/c1-27-18(14-23(29)28(2)25(27)31)15-33-22-13-17-9-5-4-8-16(17)12-19(22)24(30)26-20-10-6-7-11-21(20)32-3/h4-14H,15H2,1-3H3,(H,26,30). The predicted molar refractivity (Wildman–Crippen MR) is 126 cm³/mol. The summed E-state index contributed by atoms with van der Waals surface area (Å²) in [6.07, 6.45) is 0. The van der Waals surface area contributed by atoms with E-state index in [1.807, 2.05) is 30.3 Å². The van der Waals surface area contributed by atoms with Crippen LogP contribution in [0, 0.1) is 0 Å². The largest absolute Gasteiger partial charge is 0.495 e. The molecule has 0 aliphatic heterocycles. The van der Waals surface area contributed by atoms with Gasteiger partial charge in [0.05, 0.1) is 24.1 Å². The Morgan fingerprint density at radius 2 is 1.55 bits per heavy atom. The van der Waals surface area contributed by atoms with Gasteiger partial charge in [0.2, 0.25) is 0 Å². The number of amides is 1. The van der Waals surface area contributed by atoms with Crippen molar-refractivity contribution in [1.82, 2.24) is 9.13 Å². The van der Waals surface area contributed by atoms with E-state index in [1.54, 1.807) is 37.4 Å². The van der Waals surface area contributed by atoms with Crippen molar-refractivity contribution in [3.05, 3.63) is 98.8 Å². The Labute approximate surface area is 189 Å². The van der Waals surface area contributed by atoms with Crippen molar-refractivity contribution in [1.29, 1.82) is 0 Å². The fourth-order valence-electron chi connectivity index (χ4n) is 3.52. The summed E-state index contributed by atoms with van der Waals surface area (Å²) in [4.78, 5) is 37.5. The first-order valence-corrected chi connectivity index (χ1v) is 10.2. The Hall–Kier alpha value is -4.33. The third-order valence-electron chi connectivity index (χ3n) is 5.45. The minimum absolute atomic E-state index is 0.0604. The van der Waals surface area contributed by atoms with Crippen molar-refractivity contribution < 1.29 is 14.3 Å². The maximum atomic E-state index is 13.2. The molecule has 3 aromatic carbocycles. The molecule has 4 rings (SSSR count). The quantitative estimate of drug-likeness (QED) is 0.493. The van der Waals surface area contributed by atoms with Crippen LogP contribution in [0.1, 0.15) is 16.1 Å². The fourth-order valence-corrected chi connectivity index (χ4v) is 3.52. The molecule has 1 amide bonds. The molecule has 4 aromatic rings. The van der Waals surface area contributed by atoms with E-state index in [0.717, 1.165) is 15.3 Å². The molecule has 8 nitrogen and oxygen atoms in total. The van der Waals surface area contributed by atoms with E-state index < -0.39 is 11.2 Å². The zero-order valence-corrected chi connectivity index (χ0v) is 18.5. The van der Waals surface area contributed by atoms with E-state index in [1.165, 1.54) is 24.8 Å². The fraction of sp³-hybridized carbons (Fsp3) is 0.160.